The maximum absolute atomic E-state index is 6.18. The minimum Gasteiger partial charge on any atom is -0.376 e. The minimum absolute atomic E-state index is 0.359. The third-order valence-corrected chi connectivity index (χ3v) is 4.19. The second-order valence-electron chi connectivity index (χ2n) is 5.66. The fraction of sp³-hybridized carbons (Fsp3) is 1.00. The Hall–Kier alpha value is -0.120. The van der Waals surface area contributed by atoms with Gasteiger partial charge in [-0.1, -0.05) is 32.6 Å². The highest BCUT2D eigenvalue weighted by atomic mass is 16.5. The molecule has 1 N–H and O–H groups in total. The van der Waals surface area contributed by atoms with E-state index in [9.17, 15) is 0 Å². The van der Waals surface area contributed by atoms with Gasteiger partial charge < -0.3 is 14.8 Å². The molecule has 0 aromatic heterocycles. The Morgan fingerprint density at radius 2 is 1.89 bits per heavy atom. The number of ether oxygens (including phenoxy) is 2. The zero-order valence-electron chi connectivity index (χ0n) is 11.8. The van der Waals surface area contributed by atoms with Gasteiger partial charge in [0.1, 0.15) is 0 Å². The third kappa shape index (κ3) is 4.52. The molecule has 18 heavy (non-hydrogen) atoms. The van der Waals surface area contributed by atoms with Crippen LogP contribution in [0, 0.1) is 0 Å². The first-order valence-electron chi connectivity index (χ1n) is 7.86. The van der Waals surface area contributed by atoms with E-state index in [2.05, 4.69) is 12.2 Å². The Bertz CT molecular complexity index is 217. The van der Waals surface area contributed by atoms with Crippen LogP contribution in [0.3, 0.4) is 0 Å². The molecule has 1 aliphatic heterocycles. The van der Waals surface area contributed by atoms with E-state index in [-0.39, 0.29) is 0 Å². The number of likely N-dealkylation sites (N-methyl/N-ethyl adjacent to an activating group) is 1. The normalized spacial score (nSPS) is 34.2. The molecule has 0 bridgehead atoms. The first kappa shape index (κ1) is 14.3. The highest BCUT2D eigenvalue weighted by molar-refractivity contribution is 4.80. The van der Waals surface area contributed by atoms with Crippen LogP contribution in [-0.2, 0) is 9.47 Å². The van der Waals surface area contributed by atoms with Gasteiger partial charge in [0.15, 0.2) is 0 Å². The summed E-state index contributed by atoms with van der Waals surface area (Å²) in [7, 11) is 0. The van der Waals surface area contributed by atoms with Crippen LogP contribution in [0.2, 0.25) is 0 Å². The summed E-state index contributed by atoms with van der Waals surface area (Å²) in [5, 5.41) is 3.61. The van der Waals surface area contributed by atoms with Crippen molar-refractivity contribution in [2.45, 2.75) is 76.5 Å². The minimum atomic E-state index is 0.359. The molecule has 3 atom stereocenters. The second-order valence-corrected chi connectivity index (χ2v) is 5.66. The van der Waals surface area contributed by atoms with E-state index >= 15 is 0 Å². The largest absolute Gasteiger partial charge is 0.376 e. The second kappa shape index (κ2) is 8.13. The molecule has 2 fully saturated rings. The van der Waals surface area contributed by atoms with Crippen molar-refractivity contribution in [1.29, 1.82) is 0 Å². The van der Waals surface area contributed by atoms with E-state index in [4.69, 9.17) is 9.47 Å². The SMILES string of the molecule is CCNC1CCCCCCC1OCC1CCCO1. The average molecular weight is 255 g/mol. The highest BCUT2D eigenvalue weighted by Crippen LogP contribution is 2.22. The van der Waals surface area contributed by atoms with Gasteiger partial charge in [-0.25, -0.2) is 0 Å². The highest BCUT2D eigenvalue weighted by Gasteiger charge is 2.24. The Morgan fingerprint density at radius 1 is 1.06 bits per heavy atom. The molecule has 0 amide bonds. The fourth-order valence-corrected chi connectivity index (χ4v) is 3.15. The lowest BCUT2D eigenvalue weighted by atomic mass is 9.94. The standard InChI is InChI=1S/C15H29NO2/c1-2-16-14-9-5-3-4-6-10-15(14)18-12-13-8-7-11-17-13/h13-16H,2-12H2,1H3. The van der Waals surface area contributed by atoms with Crippen molar-refractivity contribution in [3.05, 3.63) is 0 Å². The molecule has 2 rings (SSSR count). The summed E-state index contributed by atoms with van der Waals surface area (Å²) in [5.74, 6) is 0. The zero-order chi connectivity index (χ0) is 12.6. The molecule has 1 heterocycles. The topological polar surface area (TPSA) is 30.5 Å². The molecule has 106 valence electrons. The summed E-state index contributed by atoms with van der Waals surface area (Å²) < 4.78 is 11.8. The van der Waals surface area contributed by atoms with Crippen LogP contribution in [0.25, 0.3) is 0 Å². The maximum atomic E-state index is 6.18. The van der Waals surface area contributed by atoms with Gasteiger partial charge in [0.2, 0.25) is 0 Å². The van der Waals surface area contributed by atoms with Gasteiger partial charge in [-0.3, -0.25) is 0 Å². The van der Waals surface area contributed by atoms with E-state index < -0.39 is 0 Å². The fourth-order valence-electron chi connectivity index (χ4n) is 3.15. The van der Waals surface area contributed by atoms with E-state index in [0.717, 1.165) is 19.8 Å². The van der Waals surface area contributed by atoms with Gasteiger partial charge in [-0.15, -0.1) is 0 Å². The number of nitrogens with one attached hydrogen (secondary N) is 1. The summed E-state index contributed by atoms with van der Waals surface area (Å²) >= 11 is 0. The van der Waals surface area contributed by atoms with Crippen LogP contribution >= 0.6 is 0 Å². The van der Waals surface area contributed by atoms with Gasteiger partial charge in [0.25, 0.3) is 0 Å². The third-order valence-electron chi connectivity index (χ3n) is 4.19. The van der Waals surface area contributed by atoms with Crippen molar-refractivity contribution in [2.24, 2.45) is 0 Å². The lowest BCUT2D eigenvalue weighted by Gasteiger charge is -2.30. The van der Waals surface area contributed by atoms with Crippen molar-refractivity contribution < 1.29 is 9.47 Å². The smallest absolute Gasteiger partial charge is 0.0809 e. The molecule has 0 radical (unpaired) electrons. The van der Waals surface area contributed by atoms with Gasteiger partial charge in [-0.05, 0) is 32.2 Å². The van der Waals surface area contributed by atoms with Crippen molar-refractivity contribution in [1.82, 2.24) is 5.32 Å². The predicted molar refractivity (Wildman–Crippen MR) is 73.9 cm³/mol. The molecule has 1 saturated heterocycles. The van der Waals surface area contributed by atoms with Crippen LogP contribution in [0.1, 0.15) is 58.3 Å². The van der Waals surface area contributed by atoms with Crippen molar-refractivity contribution >= 4 is 0 Å². The molecular weight excluding hydrogens is 226 g/mol. The zero-order valence-corrected chi connectivity index (χ0v) is 11.8. The van der Waals surface area contributed by atoms with Crippen LogP contribution in [0.15, 0.2) is 0 Å². The molecule has 3 unspecified atom stereocenters. The van der Waals surface area contributed by atoms with Crippen LogP contribution in [-0.4, -0.2) is 38.0 Å². The summed E-state index contributed by atoms with van der Waals surface area (Å²) in [5.41, 5.74) is 0. The first-order chi connectivity index (χ1) is 8.90. The van der Waals surface area contributed by atoms with Gasteiger partial charge in [-0.2, -0.15) is 0 Å². The first-order valence-corrected chi connectivity index (χ1v) is 7.86. The molecule has 3 heteroatoms. The average Bonchev–Trinajstić information content (AvgIpc) is 2.85. The molecule has 2 aliphatic rings. The van der Waals surface area contributed by atoms with E-state index in [0.29, 0.717) is 18.2 Å². The lowest BCUT2D eigenvalue weighted by Crippen LogP contribution is -2.43. The maximum Gasteiger partial charge on any atom is 0.0809 e. The van der Waals surface area contributed by atoms with Crippen molar-refractivity contribution in [3.8, 4) is 0 Å². The van der Waals surface area contributed by atoms with Gasteiger partial charge >= 0.3 is 0 Å². The van der Waals surface area contributed by atoms with Crippen LogP contribution in [0.5, 0.6) is 0 Å². The Balaban J connectivity index is 1.79. The van der Waals surface area contributed by atoms with E-state index in [1.54, 1.807) is 0 Å². The summed E-state index contributed by atoms with van der Waals surface area (Å²) in [6.07, 6.45) is 11.0. The predicted octanol–water partition coefficient (Wildman–Crippen LogP) is 2.88. The quantitative estimate of drug-likeness (QED) is 0.819. The number of hydrogen-bond donors (Lipinski definition) is 1. The molecule has 0 aromatic carbocycles. The Labute approximate surface area is 112 Å². The van der Waals surface area contributed by atoms with Gasteiger partial charge in [0, 0.05) is 12.6 Å². The van der Waals surface area contributed by atoms with Crippen LogP contribution in [0.4, 0.5) is 0 Å². The molecule has 1 saturated carbocycles. The summed E-state index contributed by atoms with van der Waals surface area (Å²) in [6.45, 7) is 4.96. The summed E-state index contributed by atoms with van der Waals surface area (Å²) in [6, 6.07) is 0.553. The Kier molecular flexibility index (Phi) is 6.46. The molecular formula is C15H29NO2. The molecule has 3 nitrogen and oxygen atoms in total. The number of rotatable bonds is 5. The van der Waals surface area contributed by atoms with Gasteiger partial charge in [0.05, 0.1) is 18.8 Å². The van der Waals surface area contributed by atoms with E-state index in [1.165, 1.54) is 51.4 Å². The van der Waals surface area contributed by atoms with E-state index in [1.807, 2.05) is 0 Å². The monoisotopic (exact) mass is 255 g/mol. The lowest BCUT2D eigenvalue weighted by molar-refractivity contribution is -0.0402. The Morgan fingerprint density at radius 3 is 2.61 bits per heavy atom. The molecule has 1 aliphatic carbocycles. The van der Waals surface area contributed by atoms with Crippen LogP contribution < -0.4 is 5.32 Å². The van der Waals surface area contributed by atoms with Crippen molar-refractivity contribution in [2.75, 3.05) is 19.8 Å². The number of hydrogen-bond acceptors (Lipinski definition) is 3. The summed E-state index contributed by atoms with van der Waals surface area (Å²) in [4.78, 5) is 0. The van der Waals surface area contributed by atoms with Crippen molar-refractivity contribution in [3.63, 3.8) is 0 Å². The molecule has 0 spiro atoms. The molecule has 0 aromatic rings.